The zero-order valence-corrected chi connectivity index (χ0v) is 9.21. The fraction of sp³-hybridized carbons (Fsp3) is 0.0769. The second-order valence-corrected chi connectivity index (χ2v) is 3.88. The topological polar surface area (TPSA) is 20.2 Å². The van der Waals surface area contributed by atoms with E-state index in [1.54, 1.807) is 24.3 Å². The lowest BCUT2D eigenvalue weighted by atomic mass is 10.0. The molecule has 0 spiro atoms. The predicted octanol–water partition coefficient (Wildman–Crippen LogP) is 3.64. The highest BCUT2D eigenvalue weighted by Gasteiger charge is 2.03. The van der Waals surface area contributed by atoms with Crippen LogP contribution >= 0.6 is 11.6 Å². The molecule has 0 unspecified atom stereocenters. The summed E-state index contributed by atoms with van der Waals surface area (Å²) in [5.74, 6) is -0.280. The average molecular weight is 237 g/mol. The van der Waals surface area contributed by atoms with E-state index in [-0.39, 0.29) is 12.4 Å². The van der Waals surface area contributed by atoms with Crippen molar-refractivity contribution >= 4 is 11.6 Å². The molecule has 0 saturated heterocycles. The third-order valence-electron chi connectivity index (χ3n) is 2.37. The highest BCUT2D eigenvalue weighted by Crippen LogP contribution is 2.25. The highest BCUT2D eigenvalue weighted by atomic mass is 35.5. The van der Waals surface area contributed by atoms with Gasteiger partial charge in [0.15, 0.2) is 0 Å². The van der Waals surface area contributed by atoms with Gasteiger partial charge in [-0.3, -0.25) is 0 Å². The summed E-state index contributed by atoms with van der Waals surface area (Å²) in [5.41, 5.74) is 2.25. The van der Waals surface area contributed by atoms with Crippen LogP contribution in [0.4, 0.5) is 4.39 Å². The first-order valence-electron chi connectivity index (χ1n) is 4.86. The average Bonchev–Trinajstić information content (AvgIpc) is 2.29. The molecule has 2 rings (SSSR count). The Balaban J connectivity index is 2.48. The second kappa shape index (κ2) is 4.64. The number of hydrogen-bond donors (Lipinski definition) is 1. The van der Waals surface area contributed by atoms with Gasteiger partial charge in [-0.25, -0.2) is 4.39 Å². The molecule has 0 aliphatic carbocycles. The minimum Gasteiger partial charge on any atom is -0.392 e. The summed E-state index contributed by atoms with van der Waals surface area (Å²) < 4.78 is 13.0. The van der Waals surface area contributed by atoms with Gasteiger partial charge in [-0.05, 0) is 41.0 Å². The molecule has 2 aromatic carbocycles. The first-order chi connectivity index (χ1) is 7.70. The van der Waals surface area contributed by atoms with E-state index in [4.69, 9.17) is 16.7 Å². The summed E-state index contributed by atoms with van der Waals surface area (Å²) in [5, 5.41) is 9.60. The molecule has 3 heteroatoms. The Labute approximate surface area is 98.1 Å². The molecule has 82 valence electrons. The molecule has 0 aliphatic heterocycles. The standard InChI is InChI=1S/C13H10ClFO/c14-13-5-4-10(6-11(13)8-16)9-2-1-3-12(15)7-9/h1-7,16H,8H2. The molecule has 0 radical (unpaired) electrons. The van der Waals surface area contributed by atoms with Gasteiger partial charge in [-0.15, -0.1) is 0 Å². The SMILES string of the molecule is OCc1cc(-c2cccc(F)c2)ccc1Cl. The van der Waals surface area contributed by atoms with Gasteiger partial charge >= 0.3 is 0 Å². The Bertz CT molecular complexity index is 511. The van der Waals surface area contributed by atoms with E-state index in [9.17, 15) is 4.39 Å². The number of benzene rings is 2. The van der Waals surface area contributed by atoms with E-state index in [0.717, 1.165) is 11.1 Å². The van der Waals surface area contributed by atoms with Crippen molar-refractivity contribution in [2.45, 2.75) is 6.61 Å². The van der Waals surface area contributed by atoms with Crippen molar-refractivity contribution in [3.05, 3.63) is 58.9 Å². The number of hydrogen-bond acceptors (Lipinski definition) is 1. The Morgan fingerprint density at radius 3 is 2.50 bits per heavy atom. The Kier molecular flexibility index (Phi) is 3.22. The number of aliphatic hydroxyl groups is 1. The lowest BCUT2D eigenvalue weighted by Crippen LogP contribution is -1.87. The number of aliphatic hydroxyl groups excluding tert-OH is 1. The summed E-state index contributed by atoms with van der Waals surface area (Å²) >= 11 is 5.88. The van der Waals surface area contributed by atoms with E-state index >= 15 is 0 Å². The highest BCUT2D eigenvalue weighted by molar-refractivity contribution is 6.31. The summed E-state index contributed by atoms with van der Waals surface area (Å²) in [4.78, 5) is 0. The molecule has 0 aliphatic rings. The van der Waals surface area contributed by atoms with Crippen LogP contribution in [-0.2, 0) is 6.61 Å². The van der Waals surface area contributed by atoms with Gasteiger partial charge in [0.2, 0.25) is 0 Å². The molecule has 0 saturated carbocycles. The molecule has 0 aromatic heterocycles. The molecule has 0 bridgehead atoms. The minimum atomic E-state index is -0.280. The van der Waals surface area contributed by atoms with Crippen LogP contribution in [0.1, 0.15) is 5.56 Å². The van der Waals surface area contributed by atoms with Crippen molar-refractivity contribution in [1.82, 2.24) is 0 Å². The van der Waals surface area contributed by atoms with Crippen LogP contribution in [0, 0.1) is 5.82 Å². The van der Waals surface area contributed by atoms with E-state index in [1.165, 1.54) is 12.1 Å². The number of halogens is 2. The fourth-order valence-corrected chi connectivity index (χ4v) is 1.72. The van der Waals surface area contributed by atoms with Gasteiger partial charge in [0.25, 0.3) is 0 Å². The van der Waals surface area contributed by atoms with Crippen LogP contribution in [0.25, 0.3) is 11.1 Å². The Hall–Kier alpha value is -1.38. The van der Waals surface area contributed by atoms with Crippen LogP contribution in [0.3, 0.4) is 0 Å². The first kappa shape index (κ1) is 11.1. The maximum atomic E-state index is 13.0. The van der Waals surface area contributed by atoms with Gasteiger partial charge < -0.3 is 5.11 Å². The molecule has 0 heterocycles. The fourth-order valence-electron chi connectivity index (χ4n) is 1.54. The Morgan fingerprint density at radius 2 is 1.81 bits per heavy atom. The third kappa shape index (κ3) is 2.23. The van der Waals surface area contributed by atoms with Gasteiger partial charge in [0, 0.05) is 5.02 Å². The van der Waals surface area contributed by atoms with E-state index < -0.39 is 0 Å². The molecular weight excluding hydrogens is 227 g/mol. The summed E-state index contributed by atoms with van der Waals surface area (Å²) in [7, 11) is 0. The molecule has 1 nitrogen and oxygen atoms in total. The van der Waals surface area contributed by atoms with Gasteiger partial charge in [-0.2, -0.15) is 0 Å². The van der Waals surface area contributed by atoms with Gasteiger partial charge in [0.1, 0.15) is 5.82 Å². The minimum absolute atomic E-state index is 0.123. The van der Waals surface area contributed by atoms with Crippen molar-refractivity contribution in [3.63, 3.8) is 0 Å². The van der Waals surface area contributed by atoms with Gasteiger partial charge in [0.05, 0.1) is 6.61 Å². The molecule has 0 atom stereocenters. The normalized spacial score (nSPS) is 10.4. The molecule has 0 fully saturated rings. The van der Waals surface area contributed by atoms with E-state index in [0.29, 0.717) is 10.6 Å². The molecular formula is C13H10ClFO. The van der Waals surface area contributed by atoms with Crippen LogP contribution in [0.5, 0.6) is 0 Å². The van der Waals surface area contributed by atoms with Gasteiger partial charge in [-0.1, -0.05) is 29.8 Å². The number of rotatable bonds is 2. The summed E-state index contributed by atoms with van der Waals surface area (Å²) in [6.07, 6.45) is 0. The largest absolute Gasteiger partial charge is 0.392 e. The zero-order chi connectivity index (χ0) is 11.5. The molecule has 2 aromatic rings. The van der Waals surface area contributed by atoms with Crippen LogP contribution in [0.2, 0.25) is 5.02 Å². The van der Waals surface area contributed by atoms with Crippen molar-refractivity contribution in [3.8, 4) is 11.1 Å². The van der Waals surface area contributed by atoms with Crippen molar-refractivity contribution < 1.29 is 9.50 Å². The maximum absolute atomic E-state index is 13.0. The predicted molar refractivity (Wildman–Crippen MR) is 62.8 cm³/mol. The lowest BCUT2D eigenvalue weighted by molar-refractivity contribution is 0.282. The summed E-state index contributed by atoms with van der Waals surface area (Å²) in [6, 6.07) is 11.6. The smallest absolute Gasteiger partial charge is 0.123 e. The summed E-state index contributed by atoms with van der Waals surface area (Å²) in [6.45, 7) is -0.123. The third-order valence-corrected chi connectivity index (χ3v) is 2.74. The quantitative estimate of drug-likeness (QED) is 0.844. The van der Waals surface area contributed by atoms with Crippen LogP contribution in [-0.4, -0.2) is 5.11 Å². The van der Waals surface area contributed by atoms with E-state index in [1.807, 2.05) is 6.07 Å². The lowest BCUT2D eigenvalue weighted by Gasteiger charge is -2.05. The van der Waals surface area contributed by atoms with Crippen LogP contribution < -0.4 is 0 Å². The van der Waals surface area contributed by atoms with Crippen molar-refractivity contribution in [2.24, 2.45) is 0 Å². The Morgan fingerprint density at radius 1 is 1.06 bits per heavy atom. The second-order valence-electron chi connectivity index (χ2n) is 3.47. The van der Waals surface area contributed by atoms with Crippen molar-refractivity contribution in [2.75, 3.05) is 0 Å². The van der Waals surface area contributed by atoms with E-state index in [2.05, 4.69) is 0 Å². The molecule has 0 amide bonds. The maximum Gasteiger partial charge on any atom is 0.123 e. The van der Waals surface area contributed by atoms with Crippen LogP contribution in [0.15, 0.2) is 42.5 Å². The monoisotopic (exact) mass is 236 g/mol. The van der Waals surface area contributed by atoms with Crippen molar-refractivity contribution in [1.29, 1.82) is 0 Å². The first-order valence-corrected chi connectivity index (χ1v) is 5.24. The zero-order valence-electron chi connectivity index (χ0n) is 8.45. The molecule has 16 heavy (non-hydrogen) atoms. The molecule has 1 N–H and O–H groups in total.